The Morgan fingerprint density at radius 1 is 1.45 bits per heavy atom. The van der Waals surface area contributed by atoms with Crippen molar-refractivity contribution >= 4 is 16.9 Å². The van der Waals surface area contributed by atoms with E-state index in [9.17, 15) is 4.79 Å². The van der Waals surface area contributed by atoms with Crippen molar-refractivity contribution in [1.29, 1.82) is 0 Å². The minimum absolute atomic E-state index is 0.0760. The number of benzene rings is 1. The molecular formula is C15H17N3O2. The quantitative estimate of drug-likeness (QED) is 0.901. The van der Waals surface area contributed by atoms with Crippen LogP contribution in [0.15, 0.2) is 35.6 Å². The Balaban J connectivity index is 1.77. The summed E-state index contributed by atoms with van der Waals surface area (Å²) in [4.78, 5) is 19.9. The molecule has 1 aliphatic heterocycles. The lowest BCUT2D eigenvalue weighted by molar-refractivity contribution is -0.118. The maximum Gasteiger partial charge on any atom is 0.251 e. The van der Waals surface area contributed by atoms with Crippen LogP contribution in [0.3, 0.4) is 0 Å². The molecule has 1 atom stereocenters. The summed E-state index contributed by atoms with van der Waals surface area (Å²) in [5, 5.41) is 2.96. The number of imidazole rings is 1. The first-order valence-corrected chi connectivity index (χ1v) is 6.73. The van der Waals surface area contributed by atoms with Gasteiger partial charge < -0.3 is 15.0 Å². The molecule has 1 aromatic heterocycles. The summed E-state index contributed by atoms with van der Waals surface area (Å²) in [6.45, 7) is 4.34. The highest BCUT2D eigenvalue weighted by molar-refractivity contribution is 5.94. The van der Waals surface area contributed by atoms with Gasteiger partial charge in [0.2, 0.25) is 0 Å². The third-order valence-corrected chi connectivity index (χ3v) is 3.54. The number of H-pyrrole nitrogens is 1. The fourth-order valence-corrected chi connectivity index (χ4v) is 2.37. The number of aromatic amines is 1. The smallest absolute Gasteiger partial charge is 0.251 e. The summed E-state index contributed by atoms with van der Waals surface area (Å²) in [5.74, 6) is 1.41. The van der Waals surface area contributed by atoms with Gasteiger partial charge >= 0.3 is 0 Å². The summed E-state index contributed by atoms with van der Waals surface area (Å²) in [5.41, 5.74) is 2.61. The summed E-state index contributed by atoms with van der Waals surface area (Å²) >= 11 is 0. The molecule has 0 radical (unpaired) electrons. The number of amides is 1. The molecule has 3 rings (SSSR count). The summed E-state index contributed by atoms with van der Waals surface area (Å²) in [6.07, 6.45) is 0.671. The lowest BCUT2D eigenvalue weighted by Crippen LogP contribution is -2.28. The van der Waals surface area contributed by atoms with Gasteiger partial charge in [-0.15, -0.1) is 0 Å². The molecule has 0 saturated carbocycles. The van der Waals surface area contributed by atoms with Crippen LogP contribution in [0.25, 0.3) is 11.0 Å². The molecule has 0 saturated heterocycles. The minimum Gasteiger partial charge on any atom is -0.497 e. The molecule has 1 amide bonds. The lowest BCUT2D eigenvalue weighted by atomic mass is 10.1. The van der Waals surface area contributed by atoms with Crippen LogP contribution >= 0.6 is 0 Å². The zero-order chi connectivity index (χ0) is 14.1. The van der Waals surface area contributed by atoms with Gasteiger partial charge in [-0.05, 0) is 26.0 Å². The van der Waals surface area contributed by atoms with Gasteiger partial charge in [0.25, 0.3) is 5.91 Å². The number of ether oxygens (including phenoxy) is 1. The van der Waals surface area contributed by atoms with E-state index in [1.54, 1.807) is 0 Å². The second kappa shape index (κ2) is 5.00. The second-order valence-corrected chi connectivity index (χ2v) is 4.97. The Bertz CT molecular complexity index is 654. The van der Waals surface area contributed by atoms with E-state index in [4.69, 9.17) is 4.74 Å². The van der Waals surface area contributed by atoms with Crippen LogP contribution in [0.1, 0.15) is 32.1 Å². The van der Waals surface area contributed by atoms with Crippen molar-refractivity contribution in [1.82, 2.24) is 15.3 Å². The number of rotatable bonds is 3. The Kier molecular flexibility index (Phi) is 3.18. The van der Waals surface area contributed by atoms with Gasteiger partial charge in [0.05, 0.1) is 29.3 Å². The van der Waals surface area contributed by atoms with E-state index in [1.807, 2.05) is 38.1 Å². The average molecular weight is 271 g/mol. The van der Waals surface area contributed by atoms with E-state index < -0.39 is 0 Å². The fourth-order valence-electron chi connectivity index (χ4n) is 2.37. The minimum atomic E-state index is -0.171. The molecule has 0 aliphatic carbocycles. The SMILES string of the molecule is CC1=C(C(=O)N[C@H](C)c2nc3ccccc3[nH]2)CCO1. The number of hydrogen-bond acceptors (Lipinski definition) is 3. The maximum absolute atomic E-state index is 12.2. The first-order chi connectivity index (χ1) is 9.65. The van der Waals surface area contributed by atoms with Crippen molar-refractivity contribution in [2.24, 2.45) is 0 Å². The Hall–Kier alpha value is -2.30. The van der Waals surface area contributed by atoms with E-state index in [0.29, 0.717) is 13.0 Å². The fraction of sp³-hybridized carbons (Fsp3) is 0.333. The number of nitrogens with one attached hydrogen (secondary N) is 2. The van der Waals surface area contributed by atoms with Gasteiger partial charge in [-0.1, -0.05) is 12.1 Å². The van der Waals surface area contributed by atoms with Crippen LogP contribution in [0.4, 0.5) is 0 Å². The molecule has 2 aromatic rings. The summed E-state index contributed by atoms with van der Waals surface area (Å²) in [6, 6.07) is 7.65. The molecule has 0 unspecified atom stereocenters. The van der Waals surface area contributed by atoms with Crippen molar-refractivity contribution in [3.8, 4) is 0 Å². The lowest BCUT2D eigenvalue weighted by Gasteiger charge is -2.11. The van der Waals surface area contributed by atoms with Crippen LogP contribution in [0.2, 0.25) is 0 Å². The highest BCUT2D eigenvalue weighted by Gasteiger charge is 2.22. The largest absolute Gasteiger partial charge is 0.497 e. The first kappa shape index (κ1) is 12.7. The van der Waals surface area contributed by atoms with E-state index >= 15 is 0 Å². The third kappa shape index (κ3) is 2.27. The van der Waals surface area contributed by atoms with Gasteiger partial charge in [-0.25, -0.2) is 4.98 Å². The van der Waals surface area contributed by atoms with Gasteiger partial charge in [-0.2, -0.15) is 0 Å². The zero-order valence-corrected chi connectivity index (χ0v) is 11.6. The standard InChI is InChI=1S/C15H17N3O2/c1-9(16-15(19)11-7-8-20-10(11)2)14-17-12-5-3-4-6-13(12)18-14/h3-6,9H,7-8H2,1-2H3,(H,16,19)(H,17,18)/t9-/m1/s1. The molecule has 2 heterocycles. The number of para-hydroxylation sites is 2. The molecule has 5 heteroatoms. The average Bonchev–Trinajstić information content (AvgIpc) is 3.04. The van der Waals surface area contributed by atoms with E-state index in [-0.39, 0.29) is 11.9 Å². The van der Waals surface area contributed by atoms with E-state index in [2.05, 4.69) is 15.3 Å². The Morgan fingerprint density at radius 3 is 2.95 bits per heavy atom. The van der Waals surface area contributed by atoms with Gasteiger partial charge in [-0.3, -0.25) is 4.79 Å². The van der Waals surface area contributed by atoms with Crippen molar-refractivity contribution in [2.75, 3.05) is 6.61 Å². The Labute approximate surface area is 117 Å². The predicted octanol–water partition coefficient (Wildman–Crippen LogP) is 2.43. The molecule has 5 nitrogen and oxygen atoms in total. The number of hydrogen-bond donors (Lipinski definition) is 2. The number of allylic oxidation sites excluding steroid dienone is 1. The van der Waals surface area contributed by atoms with Crippen molar-refractivity contribution in [3.05, 3.63) is 41.4 Å². The number of aromatic nitrogens is 2. The molecule has 0 bridgehead atoms. The zero-order valence-electron chi connectivity index (χ0n) is 11.6. The summed E-state index contributed by atoms with van der Waals surface area (Å²) in [7, 11) is 0. The Morgan fingerprint density at radius 2 is 2.25 bits per heavy atom. The van der Waals surface area contributed by atoms with Crippen LogP contribution in [-0.2, 0) is 9.53 Å². The normalized spacial score (nSPS) is 16.3. The van der Waals surface area contributed by atoms with E-state index in [1.165, 1.54) is 0 Å². The van der Waals surface area contributed by atoms with Gasteiger partial charge in [0.1, 0.15) is 11.6 Å². The van der Waals surface area contributed by atoms with Crippen molar-refractivity contribution in [3.63, 3.8) is 0 Å². The highest BCUT2D eigenvalue weighted by Crippen LogP contribution is 2.20. The first-order valence-electron chi connectivity index (χ1n) is 6.73. The van der Waals surface area contributed by atoms with Crippen molar-refractivity contribution in [2.45, 2.75) is 26.3 Å². The molecule has 0 fully saturated rings. The molecule has 0 spiro atoms. The molecule has 20 heavy (non-hydrogen) atoms. The number of fused-ring (bicyclic) bond motifs is 1. The monoisotopic (exact) mass is 271 g/mol. The van der Waals surface area contributed by atoms with Gasteiger partial charge in [0.15, 0.2) is 0 Å². The van der Waals surface area contributed by atoms with Crippen LogP contribution in [0, 0.1) is 0 Å². The van der Waals surface area contributed by atoms with Crippen LogP contribution < -0.4 is 5.32 Å². The van der Waals surface area contributed by atoms with Crippen LogP contribution in [-0.4, -0.2) is 22.5 Å². The topological polar surface area (TPSA) is 67.0 Å². The molecule has 1 aromatic carbocycles. The number of nitrogens with zero attached hydrogens (tertiary/aromatic N) is 1. The van der Waals surface area contributed by atoms with E-state index in [0.717, 1.165) is 28.2 Å². The third-order valence-electron chi connectivity index (χ3n) is 3.54. The molecule has 1 aliphatic rings. The predicted molar refractivity (Wildman–Crippen MR) is 75.9 cm³/mol. The van der Waals surface area contributed by atoms with Crippen molar-refractivity contribution < 1.29 is 9.53 Å². The highest BCUT2D eigenvalue weighted by atomic mass is 16.5. The summed E-state index contributed by atoms with van der Waals surface area (Å²) < 4.78 is 5.32. The second-order valence-electron chi connectivity index (χ2n) is 4.97. The van der Waals surface area contributed by atoms with Crippen LogP contribution in [0.5, 0.6) is 0 Å². The molecule has 104 valence electrons. The number of carbonyl (C=O) groups excluding carboxylic acids is 1. The number of carbonyl (C=O) groups is 1. The molecular weight excluding hydrogens is 254 g/mol. The van der Waals surface area contributed by atoms with Gasteiger partial charge in [0, 0.05) is 6.42 Å². The maximum atomic E-state index is 12.2. The molecule has 2 N–H and O–H groups in total.